The van der Waals surface area contributed by atoms with Gasteiger partial charge >= 0.3 is 0 Å². The van der Waals surface area contributed by atoms with Crippen molar-refractivity contribution in [3.05, 3.63) is 53.1 Å². The topological polar surface area (TPSA) is 57.8 Å². The standard InChI is InChI=1S/C24H32N4O2/c1-16-5-6-17(2)21(10-16)24-18(12-25-27-24)13-28-9-3-4-20(14-28)26-19-7-8-22-23(11-19)30-15-29-22/h5-8,10-11,18,20,24-27H,3-4,9,12-15H2,1-2H3. The molecule has 6 heteroatoms. The van der Waals surface area contributed by atoms with Crippen LogP contribution < -0.4 is 25.6 Å². The fourth-order valence-corrected chi connectivity index (χ4v) is 5.03. The van der Waals surface area contributed by atoms with E-state index in [-0.39, 0.29) is 0 Å². The van der Waals surface area contributed by atoms with E-state index in [0.717, 1.165) is 36.8 Å². The highest BCUT2D eigenvalue weighted by Crippen LogP contribution is 2.35. The molecule has 6 nitrogen and oxygen atoms in total. The Bertz CT molecular complexity index is 903. The number of hydrogen-bond acceptors (Lipinski definition) is 6. The fraction of sp³-hybridized carbons (Fsp3) is 0.500. The average Bonchev–Trinajstić information content (AvgIpc) is 3.39. The van der Waals surface area contributed by atoms with E-state index in [1.54, 1.807) is 0 Å². The van der Waals surface area contributed by atoms with Gasteiger partial charge in [-0.2, -0.15) is 0 Å². The Morgan fingerprint density at radius 1 is 1.10 bits per heavy atom. The van der Waals surface area contributed by atoms with Crippen LogP contribution in [0.25, 0.3) is 0 Å². The Kier molecular flexibility index (Phi) is 5.54. The number of nitrogens with one attached hydrogen (secondary N) is 3. The van der Waals surface area contributed by atoms with Crippen molar-refractivity contribution in [1.29, 1.82) is 0 Å². The van der Waals surface area contributed by atoms with Gasteiger partial charge in [0.1, 0.15) is 0 Å². The molecule has 0 spiro atoms. The van der Waals surface area contributed by atoms with Crippen molar-refractivity contribution in [3.63, 3.8) is 0 Å². The minimum Gasteiger partial charge on any atom is -0.454 e. The number of hydrazine groups is 1. The van der Waals surface area contributed by atoms with Crippen molar-refractivity contribution in [1.82, 2.24) is 15.8 Å². The van der Waals surface area contributed by atoms with Crippen LogP contribution >= 0.6 is 0 Å². The lowest BCUT2D eigenvalue weighted by Gasteiger charge is -2.36. The molecule has 0 aromatic heterocycles. The van der Waals surface area contributed by atoms with Crippen LogP contribution in [-0.2, 0) is 0 Å². The van der Waals surface area contributed by atoms with Crippen LogP contribution in [0.5, 0.6) is 11.5 Å². The highest BCUT2D eigenvalue weighted by molar-refractivity contribution is 5.56. The van der Waals surface area contributed by atoms with E-state index in [0.29, 0.717) is 24.8 Å². The van der Waals surface area contributed by atoms with Crippen LogP contribution in [0.1, 0.15) is 35.6 Å². The molecule has 0 aliphatic carbocycles. The molecule has 3 aliphatic heterocycles. The van der Waals surface area contributed by atoms with E-state index in [2.05, 4.69) is 65.2 Å². The van der Waals surface area contributed by atoms with Crippen molar-refractivity contribution in [3.8, 4) is 11.5 Å². The lowest BCUT2D eigenvalue weighted by molar-refractivity contribution is 0.174. The Balaban J connectivity index is 1.22. The van der Waals surface area contributed by atoms with Gasteiger partial charge in [0.25, 0.3) is 0 Å². The van der Waals surface area contributed by atoms with Crippen molar-refractivity contribution in [2.45, 2.75) is 38.8 Å². The number of hydrogen-bond donors (Lipinski definition) is 3. The molecule has 0 saturated carbocycles. The summed E-state index contributed by atoms with van der Waals surface area (Å²) >= 11 is 0. The van der Waals surface area contributed by atoms with Crippen LogP contribution in [0.2, 0.25) is 0 Å². The molecule has 0 bridgehead atoms. The minimum atomic E-state index is 0.320. The van der Waals surface area contributed by atoms with Crippen LogP contribution in [0.15, 0.2) is 36.4 Å². The summed E-state index contributed by atoms with van der Waals surface area (Å²) in [7, 11) is 0. The fourth-order valence-electron chi connectivity index (χ4n) is 5.03. The third-order valence-electron chi connectivity index (χ3n) is 6.60. The van der Waals surface area contributed by atoms with E-state index < -0.39 is 0 Å². The molecule has 2 aromatic rings. The van der Waals surface area contributed by atoms with Gasteiger partial charge in [-0.3, -0.25) is 5.43 Å². The predicted molar refractivity (Wildman–Crippen MR) is 119 cm³/mol. The van der Waals surface area contributed by atoms with Gasteiger partial charge in [0.2, 0.25) is 6.79 Å². The summed E-state index contributed by atoms with van der Waals surface area (Å²) in [6.45, 7) is 9.09. The van der Waals surface area contributed by atoms with Gasteiger partial charge in [0.15, 0.2) is 11.5 Å². The number of rotatable bonds is 5. The molecule has 0 amide bonds. The average molecular weight is 409 g/mol. The number of piperidine rings is 1. The maximum atomic E-state index is 5.52. The number of ether oxygens (including phenoxy) is 2. The smallest absolute Gasteiger partial charge is 0.231 e. The summed E-state index contributed by atoms with van der Waals surface area (Å²) in [4.78, 5) is 2.63. The number of anilines is 1. The van der Waals surface area contributed by atoms with Crippen molar-refractivity contribution < 1.29 is 9.47 Å². The van der Waals surface area contributed by atoms with Crippen LogP contribution in [0, 0.1) is 19.8 Å². The van der Waals surface area contributed by atoms with Gasteiger partial charge in [-0.25, -0.2) is 5.43 Å². The van der Waals surface area contributed by atoms with Gasteiger partial charge < -0.3 is 19.7 Å². The number of benzene rings is 2. The molecule has 5 rings (SSSR count). The van der Waals surface area contributed by atoms with E-state index >= 15 is 0 Å². The van der Waals surface area contributed by atoms with Gasteiger partial charge in [-0.05, 0) is 56.5 Å². The quantitative estimate of drug-likeness (QED) is 0.705. The van der Waals surface area contributed by atoms with Crippen LogP contribution in [0.3, 0.4) is 0 Å². The van der Waals surface area contributed by atoms with E-state index in [9.17, 15) is 0 Å². The van der Waals surface area contributed by atoms with E-state index in [1.807, 2.05) is 6.07 Å². The van der Waals surface area contributed by atoms with Crippen molar-refractivity contribution in [2.24, 2.45) is 5.92 Å². The molecule has 30 heavy (non-hydrogen) atoms. The summed E-state index contributed by atoms with van der Waals surface area (Å²) in [6, 6.07) is 13.8. The lowest BCUT2D eigenvalue weighted by atomic mass is 9.90. The van der Waals surface area contributed by atoms with Crippen LogP contribution in [-0.4, -0.2) is 43.9 Å². The third-order valence-corrected chi connectivity index (χ3v) is 6.60. The Morgan fingerprint density at radius 3 is 2.93 bits per heavy atom. The normalized spacial score (nSPS) is 26.1. The summed E-state index contributed by atoms with van der Waals surface area (Å²) in [6.07, 6.45) is 2.43. The Labute approximate surface area is 178 Å². The van der Waals surface area contributed by atoms with Crippen molar-refractivity contribution in [2.75, 3.05) is 38.3 Å². The molecule has 3 heterocycles. The number of fused-ring (bicyclic) bond motifs is 1. The molecule has 3 atom stereocenters. The largest absolute Gasteiger partial charge is 0.454 e. The Morgan fingerprint density at radius 2 is 2.00 bits per heavy atom. The first kappa shape index (κ1) is 19.7. The molecule has 3 N–H and O–H groups in total. The molecule has 160 valence electrons. The van der Waals surface area contributed by atoms with E-state index in [4.69, 9.17) is 9.47 Å². The first-order valence-electron chi connectivity index (χ1n) is 11.1. The Hall–Kier alpha value is -2.28. The summed E-state index contributed by atoms with van der Waals surface area (Å²) in [5, 5.41) is 3.72. The molecular weight excluding hydrogens is 376 g/mol. The zero-order valence-electron chi connectivity index (χ0n) is 17.9. The predicted octanol–water partition coefficient (Wildman–Crippen LogP) is 3.37. The maximum absolute atomic E-state index is 5.52. The highest BCUT2D eigenvalue weighted by Gasteiger charge is 2.32. The van der Waals surface area contributed by atoms with Gasteiger partial charge in [0.05, 0.1) is 6.04 Å². The zero-order chi connectivity index (χ0) is 20.5. The first-order chi connectivity index (χ1) is 14.7. The molecule has 2 fully saturated rings. The molecule has 0 radical (unpaired) electrons. The summed E-state index contributed by atoms with van der Waals surface area (Å²) < 4.78 is 11.0. The monoisotopic (exact) mass is 408 g/mol. The van der Waals surface area contributed by atoms with Crippen molar-refractivity contribution >= 4 is 5.69 Å². The molecular formula is C24H32N4O2. The first-order valence-corrected chi connectivity index (χ1v) is 11.1. The summed E-state index contributed by atoms with van der Waals surface area (Å²) in [5.74, 6) is 2.24. The zero-order valence-corrected chi connectivity index (χ0v) is 17.9. The highest BCUT2D eigenvalue weighted by atomic mass is 16.7. The second-order valence-corrected chi connectivity index (χ2v) is 8.93. The van der Waals surface area contributed by atoms with Gasteiger partial charge in [0, 0.05) is 43.3 Å². The molecule has 3 aliphatic rings. The maximum Gasteiger partial charge on any atom is 0.231 e. The second kappa shape index (κ2) is 8.46. The van der Waals surface area contributed by atoms with E-state index in [1.165, 1.54) is 36.1 Å². The SMILES string of the molecule is Cc1ccc(C)c(C2NNCC2CN2CCCC(Nc3ccc4c(c3)OCO4)C2)c1. The minimum absolute atomic E-state index is 0.320. The third kappa shape index (κ3) is 4.13. The molecule has 3 unspecified atom stereocenters. The van der Waals surface area contributed by atoms with Gasteiger partial charge in [-0.15, -0.1) is 0 Å². The number of likely N-dealkylation sites (tertiary alicyclic amines) is 1. The molecule has 2 saturated heterocycles. The van der Waals surface area contributed by atoms with Crippen LogP contribution in [0.4, 0.5) is 5.69 Å². The number of aryl methyl sites for hydroxylation is 2. The summed E-state index contributed by atoms with van der Waals surface area (Å²) in [5.41, 5.74) is 12.2. The van der Waals surface area contributed by atoms with Gasteiger partial charge in [-0.1, -0.05) is 23.8 Å². The number of nitrogens with zero attached hydrogens (tertiary/aromatic N) is 1. The second-order valence-electron chi connectivity index (χ2n) is 8.93. The lowest BCUT2D eigenvalue weighted by Crippen LogP contribution is -2.45. The molecule has 2 aromatic carbocycles.